The maximum atomic E-state index is 10.8. The zero-order valence-electron chi connectivity index (χ0n) is 7.19. The molecule has 0 spiro atoms. The fraction of sp³-hybridized carbons (Fsp3) is 0.222. The number of methoxy groups -OCH3 is 1. The molecule has 0 aliphatic carbocycles. The molecule has 0 radical (unpaired) electrons. The van der Waals surface area contributed by atoms with Gasteiger partial charge < -0.3 is 8.92 Å². The molecule has 13 heavy (non-hydrogen) atoms. The van der Waals surface area contributed by atoms with E-state index in [4.69, 9.17) is 4.74 Å². The van der Waals surface area contributed by atoms with E-state index in [2.05, 4.69) is 17.1 Å². The van der Waals surface area contributed by atoms with Crippen molar-refractivity contribution in [2.24, 2.45) is 0 Å². The van der Waals surface area contributed by atoms with Gasteiger partial charge in [-0.1, -0.05) is 12.1 Å². The fourth-order valence-corrected chi connectivity index (χ4v) is 1.01. The summed E-state index contributed by atoms with van der Waals surface area (Å²) in [7, 11) is 1.59. The lowest BCUT2D eigenvalue weighted by molar-refractivity contribution is -0.132. The Balaban J connectivity index is 2.64. The van der Waals surface area contributed by atoms with Gasteiger partial charge in [0.05, 0.1) is 13.5 Å². The van der Waals surface area contributed by atoms with Crippen LogP contribution in [0, 0.1) is 0 Å². The van der Waals surface area contributed by atoms with Gasteiger partial charge in [-0.05, 0) is 17.7 Å². The smallest absolute Gasteiger partial charge is 0.322 e. The van der Waals surface area contributed by atoms with E-state index >= 15 is 0 Å². The third kappa shape index (κ3) is 2.99. The van der Waals surface area contributed by atoms with Gasteiger partial charge in [0.2, 0.25) is 0 Å². The van der Waals surface area contributed by atoms with E-state index in [-0.39, 0.29) is 12.4 Å². The van der Waals surface area contributed by atoms with Crippen molar-refractivity contribution in [3.8, 4) is 5.75 Å². The molecule has 1 aromatic carbocycles. The quantitative estimate of drug-likeness (QED) is 0.592. The molecule has 0 saturated heterocycles. The summed E-state index contributed by atoms with van der Waals surface area (Å²) >= 11 is 3.41. The largest absolute Gasteiger partial charge is 0.497 e. The molecule has 0 amide bonds. The van der Waals surface area contributed by atoms with Crippen molar-refractivity contribution in [3.63, 3.8) is 0 Å². The van der Waals surface area contributed by atoms with Gasteiger partial charge in [0.1, 0.15) is 5.75 Å². The minimum atomic E-state index is -0.367. The topological polar surface area (TPSA) is 35.5 Å². The summed E-state index contributed by atoms with van der Waals surface area (Å²) in [6, 6.07) is 7.20. The highest BCUT2D eigenvalue weighted by atomic mass is 32.1. The highest BCUT2D eigenvalue weighted by molar-refractivity contribution is 7.75. The lowest BCUT2D eigenvalue weighted by Crippen LogP contribution is -2.01. The summed E-state index contributed by atoms with van der Waals surface area (Å²) in [5.74, 6) is 0.400. The Hall–Kier alpha value is -1.16. The molecule has 0 fully saturated rings. The zero-order chi connectivity index (χ0) is 9.68. The lowest BCUT2D eigenvalue weighted by Gasteiger charge is -2.01. The normalized spacial score (nSPS) is 9.38. The van der Waals surface area contributed by atoms with Gasteiger partial charge in [-0.25, -0.2) is 0 Å². The number of carbonyl (C=O) groups is 1. The third-order valence-corrected chi connectivity index (χ3v) is 1.81. The summed E-state index contributed by atoms with van der Waals surface area (Å²) < 4.78 is 9.20. The van der Waals surface area contributed by atoms with Gasteiger partial charge in [0.15, 0.2) is 0 Å². The molecule has 0 N–H and O–H groups in total. The molecule has 0 saturated carbocycles. The second kappa shape index (κ2) is 4.77. The first-order valence-electron chi connectivity index (χ1n) is 3.73. The second-order valence-electron chi connectivity index (χ2n) is 2.49. The zero-order valence-corrected chi connectivity index (χ0v) is 8.08. The van der Waals surface area contributed by atoms with Crippen molar-refractivity contribution in [2.75, 3.05) is 7.11 Å². The molecule has 4 heteroatoms. The van der Waals surface area contributed by atoms with Gasteiger partial charge in [-0.3, -0.25) is 4.79 Å². The second-order valence-corrected chi connectivity index (χ2v) is 2.67. The first kappa shape index (κ1) is 9.92. The van der Waals surface area contributed by atoms with E-state index in [9.17, 15) is 4.79 Å². The van der Waals surface area contributed by atoms with Crippen molar-refractivity contribution < 1.29 is 13.7 Å². The van der Waals surface area contributed by atoms with Crippen LogP contribution in [-0.2, 0) is 15.4 Å². The molecule has 70 valence electrons. The molecule has 0 bridgehead atoms. The van der Waals surface area contributed by atoms with Crippen LogP contribution in [0.5, 0.6) is 5.75 Å². The molecule has 0 aliphatic heterocycles. The molecule has 0 unspecified atom stereocenters. The standard InChI is InChI=1S/C9H10O3S/c1-11-8-4-2-7(3-5-8)6-9(10)12-13/h2-5,13H,6H2,1H3. The monoisotopic (exact) mass is 198 g/mol. The molecule has 1 aromatic rings. The van der Waals surface area contributed by atoms with Crippen molar-refractivity contribution >= 4 is 18.9 Å². The molecular weight excluding hydrogens is 188 g/mol. The number of hydrogen-bond donors (Lipinski definition) is 1. The van der Waals surface area contributed by atoms with E-state index in [1.807, 2.05) is 12.1 Å². The highest BCUT2D eigenvalue weighted by Gasteiger charge is 2.02. The summed E-state index contributed by atoms with van der Waals surface area (Å²) in [5, 5.41) is 0. The number of benzene rings is 1. The van der Waals surface area contributed by atoms with Gasteiger partial charge in [-0.15, -0.1) is 0 Å². The fourth-order valence-electron chi connectivity index (χ4n) is 0.942. The Morgan fingerprint density at radius 2 is 2.00 bits per heavy atom. The van der Waals surface area contributed by atoms with E-state index in [0.717, 1.165) is 11.3 Å². The van der Waals surface area contributed by atoms with Crippen LogP contribution in [0.3, 0.4) is 0 Å². The maximum absolute atomic E-state index is 10.8. The first-order valence-corrected chi connectivity index (χ1v) is 4.10. The Kier molecular flexibility index (Phi) is 3.64. The van der Waals surface area contributed by atoms with Crippen LogP contribution >= 0.6 is 12.9 Å². The van der Waals surface area contributed by atoms with Gasteiger partial charge in [0.25, 0.3) is 0 Å². The van der Waals surface area contributed by atoms with E-state index in [1.54, 1.807) is 19.2 Å². The van der Waals surface area contributed by atoms with Crippen LogP contribution in [0.4, 0.5) is 0 Å². The SMILES string of the molecule is COc1ccc(CC(=O)OS)cc1. The predicted molar refractivity (Wildman–Crippen MR) is 51.8 cm³/mol. The molecule has 0 aromatic heterocycles. The molecule has 3 nitrogen and oxygen atoms in total. The Bertz CT molecular complexity index is 281. The summed E-state index contributed by atoms with van der Waals surface area (Å²) in [6.45, 7) is 0. The minimum absolute atomic E-state index is 0.230. The number of thiol groups is 1. The van der Waals surface area contributed by atoms with Crippen LogP contribution in [0.15, 0.2) is 24.3 Å². The van der Waals surface area contributed by atoms with Crippen LogP contribution < -0.4 is 4.74 Å². The van der Waals surface area contributed by atoms with Crippen molar-refractivity contribution in [2.45, 2.75) is 6.42 Å². The molecule has 0 aliphatic rings. The number of ether oxygens (including phenoxy) is 1. The first-order chi connectivity index (χ1) is 6.26. The lowest BCUT2D eigenvalue weighted by atomic mass is 10.1. The Morgan fingerprint density at radius 3 is 2.46 bits per heavy atom. The van der Waals surface area contributed by atoms with Crippen molar-refractivity contribution in [1.82, 2.24) is 0 Å². The average Bonchev–Trinajstić information content (AvgIpc) is 2.19. The van der Waals surface area contributed by atoms with Crippen LogP contribution in [0.25, 0.3) is 0 Å². The molecule has 0 atom stereocenters. The predicted octanol–water partition coefficient (Wildman–Crippen LogP) is 1.63. The maximum Gasteiger partial charge on any atom is 0.322 e. The summed E-state index contributed by atoms with van der Waals surface area (Å²) in [4.78, 5) is 10.8. The Morgan fingerprint density at radius 1 is 1.38 bits per heavy atom. The van der Waals surface area contributed by atoms with Gasteiger partial charge in [-0.2, -0.15) is 0 Å². The molecule has 0 heterocycles. The van der Waals surface area contributed by atoms with E-state index in [0.29, 0.717) is 0 Å². The van der Waals surface area contributed by atoms with Crippen LogP contribution in [0.2, 0.25) is 0 Å². The molecule has 1 rings (SSSR count). The van der Waals surface area contributed by atoms with E-state index in [1.165, 1.54) is 0 Å². The minimum Gasteiger partial charge on any atom is -0.497 e. The highest BCUT2D eigenvalue weighted by Crippen LogP contribution is 2.11. The average molecular weight is 198 g/mol. The van der Waals surface area contributed by atoms with Gasteiger partial charge in [0, 0.05) is 12.9 Å². The van der Waals surface area contributed by atoms with Crippen LogP contribution in [0.1, 0.15) is 5.56 Å². The van der Waals surface area contributed by atoms with E-state index < -0.39 is 0 Å². The summed E-state index contributed by atoms with van der Waals surface area (Å²) in [5.41, 5.74) is 0.875. The van der Waals surface area contributed by atoms with Crippen molar-refractivity contribution in [1.29, 1.82) is 0 Å². The van der Waals surface area contributed by atoms with Crippen LogP contribution in [-0.4, -0.2) is 13.1 Å². The number of carbonyl (C=O) groups excluding carboxylic acids is 1. The molecular formula is C9H10O3S. The Labute approximate surface area is 82.3 Å². The summed E-state index contributed by atoms with van der Waals surface area (Å²) in [6.07, 6.45) is 0.230. The number of hydrogen-bond acceptors (Lipinski definition) is 4. The van der Waals surface area contributed by atoms with Gasteiger partial charge >= 0.3 is 5.97 Å². The number of rotatable bonds is 3. The van der Waals surface area contributed by atoms with Crippen molar-refractivity contribution in [3.05, 3.63) is 29.8 Å². The third-order valence-electron chi connectivity index (χ3n) is 1.61.